The molecule has 0 unspecified atom stereocenters. The van der Waals surface area contributed by atoms with Crippen LogP contribution in [0, 0.1) is 20.2 Å². The van der Waals surface area contributed by atoms with Crippen LogP contribution in [0.25, 0.3) is 11.0 Å². The number of hydrogen-bond acceptors (Lipinski definition) is 9. The first-order valence-corrected chi connectivity index (χ1v) is 7.26. The molecule has 3 rings (SSSR count). The maximum Gasteiger partial charge on any atom is 0.348 e. The molecule has 0 saturated carbocycles. The summed E-state index contributed by atoms with van der Waals surface area (Å²) in [5, 5.41) is 50.9. The highest BCUT2D eigenvalue weighted by Gasteiger charge is 2.45. The standard InChI is InChI=1S/C12H11ClN4O8/c13-12-14-4-1-6(16(21)22)7(17(23)24)2-5(4)15(12)11-10(20)9(19)8(3-18)25-11/h1-2,8-11,18-20H,3H2/t8-,9-,10-,11-/m1/s1. The lowest BCUT2D eigenvalue weighted by Gasteiger charge is -2.18. The molecule has 0 radical (unpaired) electrons. The highest BCUT2D eigenvalue weighted by Crippen LogP contribution is 2.38. The van der Waals surface area contributed by atoms with Crippen LogP contribution in [-0.4, -0.2) is 59.6 Å². The Bertz CT molecular complexity index is 870. The zero-order valence-electron chi connectivity index (χ0n) is 12.2. The first-order chi connectivity index (χ1) is 11.8. The number of imidazole rings is 1. The largest absolute Gasteiger partial charge is 0.394 e. The van der Waals surface area contributed by atoms with E-state index in [0.717, 1.165) is 16.7 Å². The van der Waals surface area contributed by atoms with Crippen molar-refractivity contribution in [3.8, 4) is 0 Å². The Morgan fingerprint density at radius 2 is 1.80 bits per heavy atom. The summed E-state index contributed by atoms with van der Waals surface area (Å²) in [5.41, 5.74) is -1.58. The van der Waals surface area contributed by atoms with Gasteiger partial charge in [-0.1, -0.05) is 0 Å². The number of nitro groups is 2. The van der Waals surface area contributed by atoms with E-state index < -0.39 is 52.4 Å². The minimum Gasteiger partial charge on any atom is -0.394 e. The number of nitrogens with zero attached hydrogens (tertiary/aromatic N) is 4. The predicted molar refractivity (Wildman–Crippen MR) is 81.1 cm³/mol. The van der Waals surface area contributed by atoms with Crippen LogP contribution in [0.5, 0.6) is 0 Å². The third-order valence-electron chi connectivity index (χ3n) is 3.91. The molecule has 1 aliphatic rings. The SMILES string of the molecule is O=[N+]([O-])c1cc2nc(Cl)n([C@@H]3O[C@H](CO)[C@@H](O)[C@H]3O)c2cc1[N+](=O)[O-]. The maximum absolute atomic E-state index is 11.1. The molecule has 1 fully saturated rings. The van der Waals surface area contributed by atoms with Crippen molar-refractivity contribution in [2.45, 2.75) is 24.5 Å². The lowest BCUT2D eigenvalue weighted by Crippen LogP contribution is -2.33. The van der Waals surface area contributed by atoms with Crippen LogP contribution in [0.3, 0.4) is 0 Å². The number of aliphatic hydroxyl groups excluding tert-OH is 3. The van der Waals surface area contributed by atoms with Gasteiger partial charge in [0.1, 0.15) is 18.3 Å². The second kappa shape index (κ2) is 6.16. The van der Waals surface area contributed by atoms with Gasteiger partial charge in [-0.2, -0.15) is 0 Å². The van der Waals surface area contributed by atoms with Gasteiger partial charge in [0.05, 0.1) is 33.6 Å². The van der Waals surface area contributed by atoms with Gasteiger partial charge in [-0.3, -0.25) is 24.8 Å². The monoisotopic (exact) mass is 374 g/mol. The summed E-state index contributed by atoms with van der Waals surface area (Å²) in [6, 6.07) is 1.78. The summed E-state index contributed by atoms with van der Waals surface area (Å²) < 4.78 is 6.40. The number of aromatic nitrogens is 2. The molecule has 12 nitrogen and oxygen atoms in total. The number of nitro benzene ring substituents is 2. The second-order valence-electron chi connectivity index (χ2n) is 5.32. The molecule has 1 aliphatic heterocycles. The van der Waals surface area contributed by atoms with E-state index in [1.807, 2.05) is 0 Å². The number of ether oxygens (including phenoxy) is 1. The molecule has 2 heterocycles. The van der Waals surface area contributed by atoms with Gasteiger partial charge in [-0.05, 0) is 11.6 Å². The smallest absolute Gasteiger partial charge is 0.348 e. The molecule has 2 aromatic rings. The summed E-state index contributed by atoms with van der Waals surface area (Å²) in [5.74, 6) is 0. The fourth-order valence-corrected chi connectivity index (χ4v) is 3.00. The van der Waals surface area contributed by atoms with Gasteiger partial charge in [0.15, 0.2) is 6.23 Å². The first kappa shape index (κ1) is 17.4. The van der Waals surface area contributed by atoms with Gasteiger partial charge in [0.2, 0.25) is 5.28 Å². The van der Waals surface area contributed by atoms with Crippen LogP contribution in [0.15, 0.2) is 12.1 Å². The van der Waals surface area contributed by atoms with E-state index >= 15 is 0 Å². The molecule has 1 aromatic heterocycles. The second-order valence-corrected chi connectivity index (χ2v) is 5.66. The zero-order valence-corrected chi connectivity index (χ0v) is 13.0. The first-order valence-electron chi connectivity index (χ1n) is 6.89. The topological polar surface area (TPSA) is 174 Å². The number of aliphatic hydroxyl groups is 3. The molecule has 134 valence electrons. The molecular weight excluding hydrogens is 364 g/mol. The van der Waals surface area contributed by atoms with Crippen molar-refractivity contribution in [1.29, 1.82) is 0 Å². The Morgan fingerprint density at radius 3 is 2.32 bits per heavy atom. The van der Waals surface area contributed by atoms with Crippen LogP contribution < -0.4 is 0 Å². The normalized spacial score (nSPS) is 26.2. The summed E-state index contributed by atoms with van der Waals surface area (Å²) in [6.45, 7) is -0.579. The average molecular weight is 375 g/mol. The molecule has 4 atom stereocenters. The molecule has 1 saturated heterocycles. The fourth-order valence-electron chi connectivity index (χ4n) is 2.72. The van der Waals surface area contributed by atoms with Crippen LogP contribution in [-0.2, 0) is 4.74 Å². The summed E-state index contributed by atoms with van der Waals surface area (Å²) >= 11 is 5.99. The quantitative estimate of drug-likeness (QED) is 0.495. The van der Waals surface area contributed by atoms with Crippen molar-refractivity contribution in [1.82, 2.24) is 9.55 Å². The van der Waals surface area contributed by atoms with E-state index in [-0.39, 0.29) is 16.3 Å². The van der Waals surface area contributed by atoms with E-state index in [2.05, 4.69) is 4.98 Å². The summed E-state index contributed by atoms with van der Waals surface area (Å²) in [6.07, 6.45) is -5.30. The number of benzene rings is 1. The van der Waals surface area contributed by atoms with Crippen LogP contribution in [0.2, 0.25) is 5.28 Å². The van der Waals surface area contributed by atoms with Crippen LogP contribution in [0.1, 0.15) is 6.23 Å². The average Bonchev–Trinajstić information content (AvgIpc) is 3.02. The van der Waals surface area contributed by atoms with Gasteiger partial charge >= 0.3 is 11.4 Å². The van der Waals surface area contributed by atoms with E-state index in [9.17, 15) is 30.4 Å². The molecule has 0 spiro atoms. The maximum atomic E-state index is 11.1. The van der Waals surface area contributed by atoms with Crippen molar-refractivity contribution >= 4 is 34.0 Å². The molecule has 0 amide bonds. The van der Waals surface area contributed by atoms with Gasteiger partial charge in [0.25, 0.3) is 0 Å². The summed E-state index contributed by atoms with van der Waals surface area (Å²) in [7, 11) is 0. The zero-order chi connectivity index (χ0) is 18.5. The van der Waals surface area contributed by atoms with Gasteiger partial charge in [-0.15, -0.1) is 0 Å². The van der Waals surface area contributed by atoms with Gasteiger partial charge in [0, 0.05) is 6.07 Å². The van der Waals surface area contributed by atoms with E-state index in [1.165, 1.54) is 0 Å². The molecule has 1 aromatic carbocycles. The predicted octanol–water partition coefficient (Wildman–Crippen LogP) is 0.118. The van der Waals surface area contributed by atoms with Gasteiger partial charge in [-0.25, -0.2) is 4.98 Å². The van der Waals surface area contributed by atoms with E-state index in [0.29, 0.717) is 0 Å². The van der Waals surface area contributed by atoms with Crippen molar-refractivity contribution in [2.24, 2.45) is 0 Å². The van der Waals surface area contributed by atoms with Crippen LogP contribution >= 0.6 is 11.6 Å². The molecule has 0 bridgehead atoms. The third kappa shape index (κ3) is 2.69. The summed E-state index contributed by atoms with van der Waals surface area (Å²) in [4.78, 5) is 24.1. The van der Waals surface area contributed by atoms with Crippen molar-refractivity contribution in [3.05, 3.63) is 37.6 Å². The van der Waals surface area contributed by atoms with Crippen molar-refractivity contribution < 1.29 is 29.9 Å². The molecule has 25 heavy (non-hydrogen) atoms. The Labute approximate surface area is 143 Å². The highest BCUT2D eigenvalue weighted by atomic mass is 35.5. The van der Waals surface area contributed by atoms with E-state index in [4.69, 9.17) is 21.4 Å². The lowest BCUT2D eigenvalue weighted by atomic mass is 10.1. The molecule has 3 N–H and O–H groups in total. The minimum absolute atomic E-state index is 0.00265. The molecule has 13 heteroatoms. The van der Waals surface area contributed by atoms with Crippen LogP contribution in [0.4, 0.5) is 11.4 Å². The fraction of sp³-hybridized carbons (Fsp3) is 0.417. The van der Waals surface area contributed by atoms with Crippen molar-refractivity contribution in [3.63, 3.8) is 0 Å². The number of fused-ring (bicyclic) bond motifs is 1. The third-order valence-corrected chi connectivity index (χ3v) is 4.17. The Kier molecular flexibility index (Phi) is 4.30. The number of halogens is 1. The Morgan fingerprint density at radius 1 is 1.20 bits per heavy atom. The van der Waals surface area contributed by atoms with Gasteiger partial charge < -0.3 is 20.1 Å². The molecular formula is C12H11ClN4O8. The van der Waals surface area contributed by atoms with E-state index in [1.54, 1.807) is 0 Å². The lowest BCUT2D eigenvalue weighted by molar-refractivity contribution is -0.422. The Balaban J connectivity index is 2.20. The number of rotatable bonds is 4. The minimum atomic E-state index is -1.50. The number of hydrogen-bond donors (Lipinski definition) is 3. The van der Waals surface area contributed by atoms with Crippen molar-refractivity contribution in [2.75, 3.05) is 6.61 Å². The Hall–Kier alpha value is -2.38. The highest BCUT2D eigenvalue weighted by molar-refractivity contribution is 6.29. The molecule has 0 aliphatic carbocycles.